The number of hydrogen-bond acceptors (Lipinski definition) is 4. The molecular formula is C12H14N2O4. The summed E-state index contributed by atoms with van der Waals surface area (Å²) in [6.07, 6.45) is 2.99. The largest absolute Gasteiger partial charge is 0.480 e. The number of carboxylic acid groups (broad SMARTS) is 1. The second-order valence-corrected chi connectivity index (χ2v) is 3.51. The number of ether oxygens (including phenoxy) is 1. The molecule has 0 radical (unpaired) electrons. The van der Waals surface area contributed by atoms with Crippen LogP contribution in [-0.4, -0.2) is 33.4 Å². The molecule has 0 aliphatic rings. The zero-order valence-corrected chi connectivity index (χ0v) is 10.2. The van der Waals surface area contributed by atoms with Gasteiger partial charge in [-0.3, -0.25) is 9.48 Å². The van der Waals surface area contributed by atoms with Crippen molar-refractivity contribution in [2.45, 2.75) is 26.3 Å². The van der Waals surface area contributed by atoms with Crippen LogP contribution in [0.5, 0.6) is 0 Å². The van der Waals surface area contributed by atoms with E-state index in [1.165, 1.54) is 24.0 Å². The summed E-state index contributed by atoms with van der Waals surface area (Å²) < 4.78 is 6.02. The predicted octanol–water partition coefficient (Wildman–Crippen LogP) is 0.833. The lowest BCUT2D eigenvalue weighted by atomic mass is 10.3. The van der Waals surface area contributed by atoms with Crippen LogP contribution >= 0.6 is 0 Å². The van der Waals surface area contributed by atoms with Gasteiger partial charge in [0.25, 0.3) is 0 Å². The Morgan fingerprint density at radius 1 is 1.61 bits per heavy atom. The molecule has 6 heteroatoms. The van der Waals surface area contributed by atoms with Gasteiger partial charge in [0.1, 0.15) is 12.5 Å². The first-order chi connectivity index (χ1) is 8.54. The van der Waals surface area contributed by atoms with Gasteiger partial charge in [0.15, 0.2) is 0 Å². The van der Waals surface area contributed by atoms with Crippen molar-refractivity contribution < 1.29 is 19.4 Å². The van der Waals surface area contributed by atoms with Crippen LogP contribution < -0.4 is 0 Å². The maximum Gasteiger partial charge on any atom is 0.328 e. The molecule has 1 aromatic rings. The third-order valence-corrected chi connectivity index (χ3v) is 2.13. The van der Waals surface area contributed by atoms with Gasteiger partial charge in [-0.15, -0.1) is 0 Å². The lowest BCUT2D eigenvalue weighted by Gasteiger charge is -2.04. The number of carbonyl (C=O) groups excluding carboxylic acids is 1. The summed E-state index contributed by atoms with van der Waals surface area (Å²) in [5.74, 6) is 4.02. The minimum atomic E-state index is -0.968. The highest BCUT2D eigenvalue weighted by Gasteiger charge is 2.13. The van der Waals surface area contributed by atoms with E-state index in [2.05, 4.69) is 16.9 Å². The SMILES string of the molecule is CCOC(=O)CC#Cc1cnn([C@@H](C)C(=O)O)c1. The van der Waals surface area contributed by atoms with E-state index in [0.717, 1.165) is 0 Å². The fourth-order valence-electron chi connectivity index (χ4n) is 1.16. The molecule has 0 aliphatic heterocycles. The Bertz CT molecular complexity index is 496. The zero-order valence-electron chi connectivity index (χ0n) is 10.2. The van der Waals surface area contributed by atoms with Crippen LogP contribution in [-0.2, 0) is 14.3 Å². The molecule has 0 amide bonds. The third-order valence-electron chi connectivity index (χ3n) is 2.13. The van der Waals surface area contributed by atoms with E-state index < -0.39 is 12.0 Å². The van der Waals surface area contributed by atoms with Crippen molar-refractivity contribution in [3.8, 4) is 11.8 Å². The van der Waals surface area contributed by atoms with Crippen LogP contribution in [0.2, 0.25) is 0 Å². The minimum absolute atomic E-state index is 0.00744. The number of esters is 1. The number of carbonyl (C=O) groups is 2. The summed E-state index contributed by atoms with van der Waals surface area (Å²) in [6, 6.07) is -0.745. The monoisotopic (exact) mass is 250 g/mol. The van der Waals surface area contributed by atoms with E-state index >= 15 is 0 Å². The van der Waals surface area contributed by atoms with Gasteiger partial charge in [-0.2, -0.15) is 5.10 Å². The first kappa shape index (κ1) is 13.8. The number of aromatic nitrogens is 2. The molecule has 0 unspecified atom stereocenters. The number of aliphatic carboxylic acids is 1. The highest BCUT2D eigenvalue weighted by molar-refractivity contribution is 5.72. The fraction of sp³-hybridized carbons (Fsp3) is 0.417. The van der Waals surface area contributed by atoms with Crippen LogP contribution in [0.1, 0.15) is 31.9 Å². The van der Waals surface area contributed by atoms with Gasteiger partial charge in [0.2, 0.25) is 0 Å². The molecule has 0 saturated heterocycles. The molecule has 0 fully saturated rings. The smallest absolute Gasteiger partial charge is 0.328 e. The summed E-state index contributed by atoms with van der Waals surface area (Å²) in [5, 5.41) is 12.7. The maximum atomic E-state index is 11.0. The molecule has 96 valence electrons. The molecule has 0 saturated carbocycles. The Hall–Kier alpha value is -2.29. The average Bonchev–Trinajstić information content (AvgIpc) is 2.77. The molecule has 18 heavy (non-hydrogen) atoms. The fourth-order valence-corrected chi connectivity index (χ4v) is 1.16. The maximum absolute atomic E-state index is 11.0. The molecule has 1 rings (SSSR count). The zero-order chi connectivity index (χ0) is 13.5. The first-order valence-electron chi connectivity index (χ1n) is 5.46. The quantitative estimate of drug-likeness (QED) is 0.632. The van der Waals surface area contributed by atoms with Crippen LogP contribution in [0.15, 0.2) is 12.4 Å². The molecule has 1 N–H and O–H groups in total. The molecule has 0 aliphatic carbocycles. The molecule has 1 aromatic heterocycles. The van der Waals surface area contributed by atoms with Crippen LogP contribution in [0.4, 0.5) is 0 Å². The van der Waals surface area contributed by atoms with Gasteiger partial charge < -0.3 is 9.84 Å². The lowest BCUT2D eigenvalue weighted by molar-refractivity contribution is -0.142. The summed E-state index contributed by atoms with van der Waals surface area (Å²) in [4.78, 5) is 21.7. The van der Waals surface area contributed by atoms with Crippen LogP contribution in [0.25, 0.3) is 0 Å². The Labute approximate surface area is 105 Å². The van der Waals surface area contributed by atoms with Gasteiger partial charge in [-0.1, -0.05) is 11.8 Å². The highest BCUT2D eigenvalue weighted by atomic mass is 16.5. The Morgan fingerprint density at radius 2 is 2.33 bits per heavy atom. The van der Waals surface area contributed by atoms with Crippen molar-refractivity contribution >= 4 is 11.9 Å². The predicted molar refractivity (Wildman–Crippen MR) is 62.7 cm³/mol. The first-order valence-corrected chi connectivity index (χ1v) is 5.46. The second kappa shape index (κ2) is 6.45. The summed E-state index contributed by atoms with van der Waals surface area (Å²) >= 11 is 0. The van der Waals surface area contributed by atoms with Gasteiger partial charge in [0.05, 0.1) is 18.4 Å². The average molecular weight is 250 g/mol. The van der Waals surface area contributed by atoms with E-state index in [0.29, 0.717) is 12.2 Å². The van der Waals surface area contributed by atoms with E-state index in [-0.39, 0.29) is 12.4 Å². The normalized spacial score (nSPS) is 11.2. The van der Waals surface area contributed by atoms with E-state index in [1.54, 1.807) is 6.92 Å². The summed E-state index contributed by atoms with van der Waals surface area (Å²) in [6.45, 7) is 3.57. The Kier molecular flexibility index (Phi) is 4.93. The van der Waals surface area contributed by atoms with E-state index in [9.17, 15) is 9.59 Å². The summed E-state index contributed by atoms with van der Waals surface area (Å²) in [7, 11) is 0. The molecule has 6 nitrogen and oxygen atoms in total. The van der Waals surface area contributed by atoms with Crippen LogP contribution in [0.3, 0.4) is 0 Å². The number of hydrogen-bond donors (Lipinski definition) is 1. The summed E-state index contributed by atoms with van der Waals surface area (Å²) in [5.41, 5.74) is 0.562. The molecule has 1 atom stereocenters. The van der Waals surface area contributed by atoms with Crippen molar-refractivity contribution in [2.24, 2.45) is 0 Å². The Morgan fingerprint density at radius 3 is 2.94 bits per heavy atom. The topological polar surface area (TPSA) is 81.4 Å². The molecular weight excluding hydrogens is 236 g/mol. The lowest BCUT2D eigenvalue weighted by Crippen LogP contribution is -2.15. The molecule has 0 aromatic carbocycles. The van der Waals surface area contributed by atoms with Gasteiger partial charge in [-0.25, -0.2) is 4.79 Å². The van der Waals surface area contributed by atoms with Crippen LogP contribution in [0, 0.1) is 11.8 Å². The van der Waals surface area contributed by atoms with Crippen molar-refractivity contribution in [3.63, 3.8) is 0 Å². The van der Waals surface area contributed by atoms with E-state index in [1.807, 2.05) is 0 Å². The Balaban J connectivity index is 2.62. The van der Waals surface area contributed by atoms with Gasteiger partial charge in [-0.05, 0) is 13.8 Å². The standard InChI is InChI=1S/C12H14N2O4/c1-3-18-11(15)6-4-5-10-7-13-14(8-10)9(2)12(16)17/h7-9H,3,6H2,1-2H3,(H,16,17)/t9-/m0/s1. The van der Waals surface area contributed by atoms with Gasteiger partial charge in [0, 0.05) is 6.20 Å². The second-order valence-electron chi connectivity index (χ2n) is 3.51. The minimum Gasteiger partial charge on any atom is -0.480 e. The van der Waals surface area contributed by atoms with Crippen molar-refractivity contribution in [3.05, 3.63) is 18.0 Å². The number of rotatable bonds is 4. The van der Waals surface area contributed by atoms with Crippen molar-refractivity contribution in [2.75, 3.05) is 6.61 Å². The molecule has 0 bridgehead atoms. The highest BCUT2D eigenvalue weighted by Crippen LogP contribution is 2.05. The van der Waals surface area contributed by atoms with Crippen molar-refractivity contribution in [1.29, 1.82) is 0 Å². The number of nitrogens with zero attached hydrogens (tertiary/aromatic N) is 2. The molecule has 1 heterocycles. The van der Waals surface area contributed by atoms with E-state index in [4.69, 9.17) is 9.84 Å². The molecule has 0 spiro atoms. The number of carboxylic acids is 1. The third kappa shape index (κ3) is 3.94. The van der Waals surface area contributed by atoms with Gasteiger partial charge >= 0.3 is 11.9 Å². The van der Waals surface area contributed by atoms with Crippen molar-refractivity contribution in [1.82, 2.24) is 9.78 Å².